The van der Waals surface area contributed by atoms with Crippen molar-refractivity contribution in [2.45, 2.75) is 51.9 Å². The van der Waals surface area contributed by atoms with Gasteiger partial charge in [0.05, 0.1) is 0 Å². The summed E-state index contributed by atoms with van der Waals surface area (Å²) in [5, 5.41) is 0. The van der Waals surface area contributed by atoms with Crippen LogP contribution in [0.4, 0.5) is 5.69 Å². The highest BCUT2D eigenvalue weighted by Gasteiger charge is 2.33. The largest absolute Gasteiger partial charge is 0.485 e. The van der Waals surface area contributed by atoms with Gasteiger partial charge < -0.3 is 14.4 Å². The van der Waals surface area contributed by atoms with Gasteiger partial charge in [0.15, 0.2) is 11.5 Å². The normalized spacial score (nSPS) is 18.3. The minimum Gasteiger partial charge on any atom is -0.485 e. The molecule has 0 aliphatic carbocycles. The molecule has 0 N–H and O–H groups in total. The smallest absolute Gasteiger partial charge is 0.258 e. The summed E-state index contributed by atoms with van der Waals surface area (Å²) >= 11 is 0. The first-order valence-electron chi connectivity index (χ1n) is 10.9. The van der Waals surface area contributed by atoms with Crippen LogP contribution in [0.15, 0.2) is 66.7 Å². The molecule has 2 aliphatic heterocycles. The number of ether oxygens (including phenoxy) is 2. The van der Waals surface area contributed by atoms with Gasteiger partial charge in [-0.2, -0.15) is 0 Å². The van der Waals surface area contributed by atoms with Gasteiger partial charge in [0.25, 0.3) is 5.91 Å². The molecule has 0 spiro atoms. The molecule has 3 aromatic carbocycles. The van der Waals surface area contributed by atoms with Crippen LogP contribution in [-0.4, -0.2) is 17.6 Å². The fourth-order valence-electron chi connectivity index (χ4n) is 4.62. The van der Waals surface area contributed by atoms with Gasteiger partial charge in [-0.25, -0.2) is 0 Å². The molecular weight excluding hydrogens is 386 g/mol. The van der Waals surface area contributed by atoms with Gasteiger partial charge in [0, 0.05) is 29.3 Å². The van der Waals surface area contributed by atoms with E-state index in [1.54, 1.807) is 0 Å². The maximum Gasteiger partial charge on any atom is 0.258 e. The average molecular weight is 414 g/mol. The van der Waals surface area contributed by atoms with Crippen LogP contribution in [0, 0.1) is 0 Å². The first-order chi connectivity index (χ1) is 14.9. The molecule has 2 heterocycles. The summed E-state index contributed by atoms with van der Waals surface area (Å²) in [5.74, 6) is 1.66. The van der Waals surface area contributed by atoms with Gasteiger partial charge in [-0.05, 0) is 62.6 Å². The van der Waals surface area contributed by atoms with E-state index in [0.29, 0.717) is 12.2 Å². The molecule has 158 valence electrons. The maximum atomic E-state index is 13.2. The van der Waals surface area contributed by atoms with E-state index < -0.39 is 0 Å². The number of hydrogen-bond donors (Lipinski definition) is 0. The Balaban J connectivity index is 1.29. The molecule has 0 fully saturated rings. The molecule has 0 radical (unpaired) electrons. The molecule has 0 aromatic heterocycles. The number of para-hydroxylation sites is 2. The number of carbonyl (C=O) groups is 1. The van der Waals surface area contributed by atoms with Crippen molar-refractivity contribution in [3.63, 3.8) is 0 Å². The van der Waals surface area contributed by atoms with E-state index in [9.17, 15) is 4.79 Å². The van der Waals surface area contributed by atoms with Crippen LogP contribution in [0.25, 0.3) is 0 Å². The van der Waals surface area contributed by atoms with Gasteiger partial charge in [0.2, 0.25) is 0 Å². The van der Waals surface area contributed by atoms with Gasteiger partial charge in [-0.1, -0.05) is 42.5 Å². The predicted molar refractivity (Wildman–Crippen MR) is 122 cm³/mol. The number of amides is 1. The highest BCUT2D eigenvalue weighted by Crippen LogP contribution is 2.42. The first kappa shape index (κ1) is 19.7. The van der Waals surface area contributed by atoms with Crippen LogP contribution in [0.2, 0.25) is 0 Å². The first-order valence-corrected chi connectivity index (χ1v) is 10.9. The number of anilines is 1. The summed E-state index contributed by atoms with van der Waals surface area (Å²) in [7, 11) is 0. The molecule has 3 aromatic rings. The highest BCUT2D eigenvalue weighted by atomic mass is 16.5. The molecule has 2 aliphatic rings. The van der Waals surface area contributed by atoms with Crippen LogP contribution in [0.5, 0.6) is 11.5 Å². The number of hydrogen-bond acceptors (Lipinski definition) is 3. The number of nitrogens with zero attached hydrogens (tertiary/aromatic N) is 1. The predicted octanol–water partition coefficient (Wildman–Crippen LogP) is 5.57. The lowest BCUT2D eigenvalue weighted by Gasteiger charge is -2.23. The Morgan fingerprint density at radius 3 is 2.58 bits per heavy atom. The van der Waals surface area contributed by atoms with Crippen LogP contribution >= 0.6 is 0 Å². The van der Waals surface area contributed by atoms with Crippen molar-refractivity contribution in [1.82, 2.24) is 0 Å². The monoisotopic (exact) mass is 413 g/mol. The number of fused-ring (bicyclic) bond motifs is 2. The van der Waals surface area contributed by atoms with Crippen molar-refractivity contribution >= 4 is 11.6 Å². The maximum absolute atomic E-state index is 13.2. The van der Waals surface area contributed by atoms with E-state index >= 15 is 0 Å². The molecule has 0 bridgehead atoms. The third-order valence-corrected chi connectivity index (χ3v) is 6.08. The fourth-order valence-corrected chi connectivity index (χ4v) is 4.62. The van der Waals surface area contributed by atoms with Crippen LogP contribution < -0.4 is 14.4 Å². The molecule has 5 rings (SSSR count). The van der Waals surface area contributed by atoms with Crippen LogP contribution in [-0.2, 0) is 19.4 Å². The van der Waals surface area contributed by atoms with Crippen molar-refractivity contribution in [3.05, 3.63) is 89.0 Å². The second-order valence-electron chi connectivity index (χ2n) is 9.13. The number of rotatable bonds is 4. The molecule has 31 heavy (non-hydrogen) atoms. The van der Waals surface area contributed by atoms with Gasteiger partial charge >= 0.3 is 0 Å². The summed E-state index contributed by atoms with van der Waals surface area (Å²) in [6, 6.07) is 22.1. The van der Waals surface area contributed by atoms with Crippen molar-refractivity contribution in [2.24, 2.45) is 0 Å². The van der Waals surface area contributed by atoms with E-state index in [0.717, 1.165) is 35.6 Å². The van der Waals surface area contributed by atoms with E-state index in [2.05, 4.69) is 32.9 Å². The number of carbonyl (C=O) groups excluding carboxylic acids is 1. The topological polar surface area (TPSA) is 38.8 Å². The van der Waals surface area contributed by atoms with Gasteiger partial charge in [0.1, 0.15) is 12.2 Å². The molecular formula is C27H27NO3. The van der Waals surface area contributed by atoms with E-state index in [1.807, 2.05) is 59.5 Å². The van der Waals surface area contributed by atoms with E-state index in [4.69, 9.17) is 9.47 Å². The SMILES string of the molecule is C[C@H]1Cc2ccccc2N1C(=O)c1ccc(COc2cccc3c2OC(C)(C)C3)cc1. The van der Waals surface area contributed by atoms with Gasteiger partial charge in [-0.3, -0.25) is 4.79 Å². The zero-order chi connectivity index (χ0) is 21.6. The molecule has 1 amide bonds. The Morgan fingerprint density at radius 1 is 1.03 bits per heavy atom. The van der Waals surface area contributed by atoms with Crippen molar-refractivity contribution in [3.8, 4) is 11.5 Å². The van der Waals surface area contributed by atoms with Crippen molar-refractivity contribution in [2.75, 3.05) is 4.90 Å². The zero-order valence-corrected chi connectivity index (χ0v) is 18.2. The van der Waals surface area contributed by atoms with Crippen molar-refractivity contribution in [1.29, 1.82) is 0 Å². The molecule has 0 unspecified atom stereocenters. The highest BCUT2D eigenvalue weighted by molar-refractivity contribution is 6.07. The quantitative estimate of drug-likeness (QED) is 0.561. The molecule has 0 saturated heterocycles. The lowest BCUT2D eigenvalue weighted by atomic mass is 10.0. The summed E-state index contributed by atoms with van der Waals surface area (Å²) in [6.45, 7) is 6.71. The van der Waals surface area contributed by atoms with E-state index in [-0.39, 0.29) is 17.6 Å². The summed E-state index contributed by atoms with van der Waals surface area (Å²) in [5.41, 5.74) is 4.94. The second-order valence-corrected chi connectivity index (χ2v) is 9.13. The molecule has 4 heteroatoms. The third kappa shape index (κ3) is 3.67. The third-order valence-electron chi connectivity index (χ3n) is 6.08. The standard InChI is InChI=1S/C27H27NO3/c1-18-15-21-7-4-5-9-23(21)28(18)26(29)20-13-11-19(12-14-20)17-30-24-10-6-8-22-16-27(2,3)31-25(22)24/h4-14,18H,15-17H2,1-3H3/t18-/m0/s1. The number of benzene rings is 3. The summed E-state index contributed by atoms with van der Waals surface area (Å²) in [4.78, 5) is 15.1. The zero-order valence-electron chi connectivity index (χ0n) is 18.2. The Kier molecular flexibility index (Phi) is 4.73. The van der Waals surface area contributed by atoms with E-state index in [1.165, 1.54) is 11.1 Å². The molecule has 0 saturated carbocycles. The minimum absolute atomic E-state index is 0.0430. The van der Waals surface area contributed by atoms with Crippen LogP contribution in [0.1, 0.15) is 47.8 Å². The molecule has 1 atom stereocenters. The van der Waals surface area contributed by atoms with Crippen LogP contribution in [0.3, 0.4) is 0 Å². The summed E-state index contributed by atoms with van der Waals surface area (Å²) in [6.07, 6.45) is 1.78. The Bertz CT molecular complexity index is 1130. The average Bonchev–Trinajstić information content (AvgIpc) is 3.26. The summed E-state index contributed by atoms with van der Waals surface area (Å²) < 4.78 is 12.2. The molecule has 4 nitrogen and oxygen atoms in total. The Morgan fingerprint density at radius 2 is 1.77 bits per heavy atom. The minimum atomic E-state index is -0.199. The second kappa shape index (κ2) is 7.45. The van der Waals surface area contributed by atoms with Crippen molar-refractivity contribution < 1.29 is 14.3 Å². The Hall–Kier alpha value is -3.27. The lowest BCUT2D eigenvalue weighted by Crippen LogP contribution is -2.35. The Labute approximate surface area is 183 Å². The van der Waals surface area contributed by atoms with Gasteiger partial charge in [-0.15, -0.1) is 0 Å². The lowest BCUT2D eigenvalue weighted by molar-refractivity contribution is 0.0981. The fraction of sp³-hybridized carbons (Fsp3) is 0.296.